The molecule has 2 aliphatic heterocycles. The number of methoxy groups -OCH3 is 1. The minimum atomic E-state index is -0.564. The van der Waals surface area contributed by atoms with Gasteiger partial charge in [0.2, 0.25) is 11.8 Å². The number of ether oxygens (including phenoxy) is 1. The molecule has 1 unspecified atom stereocenters. The number of amides is 3. The Balaban J connectivity index is 1.75. The van der Waals surface area contributed by atoms with Gasteiger partial charge in [-0.25, -0.2) is 0 Å². The first-order chi connectivity index (χ1) is 13.5. The summed E-state index contributed by atoms with van der Waals surface area (Å²) in [5.74, 6) is 0.407. The van der Waals surface area contributed by atoms with Crippen LogP contribution in [0.4, 0.5) is 0 Å². The van der Waals surface area contributed by atoms with E-state index in [0.29, 0.717) is 37.2 Å². The summed E-state index contributed by atoms with van der Waals surface area (Å²) in [7, 11) is 1.56. The summed E-state index contributed by atoms with van der Waals surface area (Å²) in [6.45, 7) is 4.31. The number of benzene rings is 1. The molecule has 28 heavy (non-hydrogen) atoms. The first-order valence-electron chi connectivity index (χ1n) is 9.99. The minimum Gasteiger partial charge on any atom is -0.497 e. The van der Waals surface area contributed by atoms with E-state index in [2.05, 4.69) is 5.32 Å². The van der Waals surface area contributed by atoms with Crippen molar-refractivity contribution in [3.63, 3.8) is 0 Å². The van der Waals surface area contributed by atoms with Crippen LogP contribution in [-0.4, -0.2) is 66.9 Å². The Morgan fingerprint density at radius 2 is 1.75 bits per heavy atom. The summed E-state index contributed by atoms with van der Waals surface area (Å²) in [6, 6.07) is 6.36. The molecule has 2 heterocycles. The number of nitrogens with zero attached hydrogens (tertiary/aromatic N) is 2. The normalized spacial score (nSPS) is 18.6. The van der Waals surface area contributed by atoms with Crippen molar-refractivity contribution in [2.75, 3.05) is 33.3 Å². The van der Waals surface area contributed by atoms with Crippen molar-refractivity contribution in [3.8, 4) is 5.75 Å². The lowest BCUT2D eigenvalue weighted by molar-refractivity contribution is -0.134. The third-order valence-corrected chi connectivity index (χ3v) is 5.76. The Labute approximate surface area is 166 Å². The number of nitrogens with one attached hydrogen (secondary N) is 1. The Hall–Kier alpha value is -2.57. The number of likely N-dealkylation sites (tertiary alicyclic amines) is 2. The molecule has 1 aromatic rings. The van der Waals surface area contributed by atoms with Crippen LogP contribution >= 0.6 is 0 Å². The fourth-order valence-electron chi connectivity index (χ4n) is 4.05. The molecule has 3 rings (SSSR count). The van der Waals surface area contributed by atoms with Gasteiger partial charge in [-0.1, -0.05) is 6.07 Å². The van der Waals surface area contributed by atoms with Crippen LogP contribution in [0, 0.1) is 5.92 Å². The van der Waals surface area contributed by atoms with Gasteiger partial charge in [0.15, 0.2) is 0 Å². The van der Waals surface area contributed by atoms with Gasteiger partial charge in [-0.2, -0.15) is 0 Å². The van der Waals surface area contributed by atoms with Crippen LogP contribution in [0.15, 0.2) is 24.3 Å². The topological polar surface area (TPSA) is 79.0 Å². The third-order valence-electron chi connectivity index (χ3n) is 5.76. The second-order valence-electron chi connectivity index (χ2n) is 7.56. The van der Waals surface area contributed by atoms with Gasteiger partial charge in [0, 0.05) is 38.7 Å². The van der Waals surface area contributed by atoms with Gasteiger partial charge in [0.05, 0.1) is 7.11 Å². The van der Waals surface area contributed by atoms with Crippen molar-refractivity contribution < 1.29 is 19.1 Å². The predicted octanol–water partition coefficient (Wildman–Crippen LogP) is 1.67. The molecule has 0 aromatic heterocycles. The summed E-state index contributed by atoms with van der Waals surface area (Å²) in [5.41, 5.74) is 0.472. The van der Waals surface area contributed by atoms with E-state index in [1.807, 2.05) is 4.90 Å². The summed E-state index contributed by atoms with van der Waals surface area (Å²) in [6.07, 6.45) is 3.43. The monoisotopic (exact) mass is 387 g/mol. The van der Waals surface area contributed by atoms with Crippen molar-refractivity contribution in [3.05, 3.63) is 29.8 Å². The second kappa shape index (κ2) is 9.08. The van der Waals surface area contributed by atoms with Crippen molar-refractivity contribution in [1.82, 2.24) is 15.1 Å². The molecule has 1 N–H and O–H groups in total. The van der Waals surface area contributed by atoms with Crippen LogP contribution in [0.25, 0.3) is 0 Å². The highest BCUT2D eigenvalue weighted by atomic mass is 16.5. The smallest absolute Gasteiger partial charge is 0.252 e. The quantitative estimate of drug-likeness (QED) is 0.834. The van der Waals surface area contributed by atoms with Crippen molar-refractivity contribution in [2.24, 2.45) is 5.92 Å². The van der Waals surface area contributed by atoms with E-state index < -0.39 is 6.04 Å². The van der Waals surface area contributed by atoms with E-state index in [1.165, 1.54) is 0 Å². The predicted molar refractivity (Wildman–Crippen MR) is 105 cm³/mol. The average molecular weight is 387 g/mol. The van der Waals surface area contributed by atoms with Gasteiger partial charge < -0.3 is 19.9 Å². The molecule has 2 saturated heterocycles. The first-order valence-corrected chi connectivity index (χ1v) is 9.99. The van der Waals surface area contributed by atoms with E-state index in [1.54, 1.807) is 43.2 Å². The Morgan fingerprint density at radius 3 is 2.36 bits per heavy atom. The molecule has 0 radical (unpaired) electrons. The number of hydrogen-bond donors (Lipinski definition) is 1. The molecule has 1 aromatic carbocycles. The minimum absolute atomic E-state index is 0.00461. The lowest BCUT2D eigenvalue weighted by Gasteiger charge is -2.36. The van der Waals surface area contributed by atoms with E-state index in [4.69, 9.17) is 4.74 Å². The van der Waals surface area contributed by atoms with Crippen LogP contribution in [0.2, 0.25) is 0 Å². The summed E-state index contributed by atoms with van der Waals surface area (Å²) < 4.78 is 5.20. The second-order valence-corrected chi connectivity index (χ2v) is 7.56. The van der Waals surface area contributed by atoms with E-state index in [9.17, 15) is 14.4 Å². The zero-order chi connectivity index (χ0) is 20.1. The highest BCUT2D eigenvalue weighted by molar-refractivity contribution is 5.98. The van der Waals surface area contributed by atoms with Crippen LogP contribution in [-0.2, 0) is 9.59 Å². The van der Waals surface area contributed by atoms with Crippen LogP contribution < -0.4 is 10.1 Å². The summed E-state index contributed by atoms with van der Waals surface area (Å²) in [5, 5.41) is 2.99. The summed E-state index contributed by atoms with van der Waals surface area (Å²) in [4.78, 5) is 41.3. The highest BCUT2D eigenvalue weighted by Gasteiger charge is 2.36. The maximum absolute atomic E-state index is 13.2. The number of carbonyl (C=O) groups is 3. The molecule has 0 aliphatic carbocycles. The van der Waals surface area contributed by atoms with E-state index in [0.717, 1.165) is 25.9 Å². The van der Waals surface area contributed by atoms with Gasteiger partial charge >= 0.3 is 0 Å². The molecule has 7 nitrogen and oxygen atoms in total. The number of carbonyl (C=O) groups excluding carboxylic acids is 3. The fourth-order valence-corrected chi connectivity index (χ4v) is 4.05. The van der Waals surface area contributed by atoms with Gasteiger partial charge in [-0.3, -0.25) is 14.4 Å². The van der Waals surface area contributed by atoms with Gasteiger partial charge in [0.1, 0.15) is 11.8 Å². The molecule has 1 atom stereocenters. The summed E-state index contributed by atoms with van der Waals surface area (Å²) >= 11 is 0. The zero-order valence-electron chi connectivity index (χ0n) is 16.6. The molecular weight excluding hydrogens is 358 g/mol. The van der Waals surface area contributed by atoms with Crippen molar-refractivity contribution in [2.45, 2.75) is 38.6 Å². The third kappa shape index (κ3) is 4.64. The largest absolute Gasteiger partial charge is 0.497 e. The molecule has 2 aliphatic rings. The molecular formula is C21H29N3O4. The SMILES string of the molecule is COc1cccc(C(=O)NC(C(=O)N2CCCC2)C2CCN(C(C)=O)CC2)c1. The van der Waals surface area contributed by atoms with Crippen LogP contribution in [0.5, 0.6) is 5.75 Å². The fraction of sp³-hybridized carbons (Fsp3) is 0.571. The number of piperidine rings is 1. The van der Waals surface area contributed by atoms with Gasteiger partial charge in [-0.15, -0.1) is 0 Å². The van der Waals surface area contributed by atoms with Crippen molar-refractivity contribution in [1.29, 1.82) is 0 Å². The van der Waals surface area contributed by atoms with Crippen molar-refractivity contribution >= 4 is 17.7 Å². The molecule has 0 spiro atoms. The molecule has 7 heteroatoms. The van der Waals surface area contributed by atoms with E-state index in [-0.39, 0.29) is 23.6 Å². The Bertz CT molecular complexity index is 722. The molecule has 152 valence electrons. The standard InChI is InChI=1S/C21H29N3O4/c1-15(25)23-12-8-16(9-13-23)19(21(27)24-10-3-4-11-24)22-20(26)17-6-5-7-18(14-17)28-2/h5-7,14,16,19H,3-4,8-13H2,1-2H3,(H,22,26). The maximum Gasteiger partial charge on any atom is 0.252 e. The molecule has 0 bridgehead atoms. The lowest BCUT2D eigenvalue weighted by Crippen LogP contribution is -2.54. The number of rotatable bonds is 5. The van der Waals surface area contributed by atoms with Gasteiger partial charge in [0.25, 0.3) is 5.91 Å². The van der Waals surface area contributed by atoms with E-state index >= 15 is 0 Å². The first kappa shape index (κ1) is 20.2. The zero-order valence-corrected chi connectivity index (χ0v) is 16.6. The van der Waals surface area contributed by atoms with Crippen LogP contribution in [0.1, 0.15) is 43.0 Å². The highest BCUT2D eigenvalue weighted by Crippen LogP contribution is 2.24. The maximum atomic E-state index is 13.2. The number of hydrogen-bond acceptors (Lipinski definition) is 4. The average Bonchev–Trinajstić information content (AvgIpc) is 3.26. The molecule has 2 fully saturated rings. The lowest BCUT2D eigenvalue weighted by atomic mass is 9.88. The Kier molecular flexibility index (Phi) is 6.54. The van der Waals surface area contributed by atoms with Crippen LogP contribution in [0.3, 0.4) is 0 Å². The molecule has 3 amide bonds. The molecule has 0 saturated carbocycles. The Morgan fingerprint density at radius 1 is 1.07 bits per heavy atom. The van der Waals surface area contributed by atoms with Gasteiger partial charge in [-0.05, 0) is 49.8 Å².